The highest BCUT2D eigenvalue weighted by Gasteiger charge is 2.32. The van der Waals surface area contributed by atoms with Crippen LogP contribution in [0.15, 0.2) is 29.3 Å². The highest BCUT2D eigenvalue weighted by atomic mass is 16.5. The Bertz CT molecular complexity index is 470. The summed E-state index contributed by atoms with van der Waals surface area (Å²) in [5.74, 6) is 0.531. The third-order valence-electron chi connectivity index (χ3n) is 2.74. The van der Waals surface area contributed by atoms with Crippen LogP contribution >= 0.6 is 0 Å². The number of amides is 1. The molecule has 0 bridgehead atoms. The summed E-state index contributed by atoms with van der Waals surface area (Å²) in [6.45, 7) is 0.125. The molecular weight excluding hydrogens is 234 g/mol. The molecule has 1 aromatic rings. The summed E-state index contributed by atoms with van der Waals surface area (Å²) >= 11 is 0. The number of nitrogens with two attached hydrogens (primary N) is 2. The van der Waals surface area contributed by atoms with E-state index in [2.05, 4.69) is 4.99 Å². The first-order chi connectivity index (χ1) is 8.61. The molecule has 0 aliphatic carbocycles. The van der Waals surface area contributed by atoms with Crippen molar-refractivity contribution in [2.75, 3.05) is 13.7 Å². The molecule has 1 heterocycles. The predicted molar refractivity (Wildman–Crippen MR) is 66.3 cm³/mol. The number of nitrogens with zero attached hydrogens (tertiary/aromatic N) is 1. The van der Waals surface area contributed by atoms with Crippen LogP contribution < -0.4 is 16.2 Å². The number of ether oxygens (including phenoxy) is 2. The number of rotatable bonds is 3. The van der Waals surface area contributed by atoms with Gasteiger partial charge in [-0.3, -0.25) is 9.79 Å². The molecule has 6 nitrogen and oxygen atoms in total. The van der Waals surface area contributed by atoms with E-state index < -0.39 is 18.1 Å². The fourth-order valence-electron chi connectivity index (χ4n) is 1.84. The fourth-order valence-corrected chi connectivity index (χ4v) is 1.84. The van der Waals surface area contributed by atoms with Gasteiger partial charge in [0.15, 0.2) is 6.10 Å². The lowest BCUT2D eigenvalue weighted by Gasteiger charge is -2.26. The second kappa shape index (κ2) is 5.05. The standard InChI is InChI=1S/C12H15N3O3/c1-17-8-4-2-7(3-5-8)10-11(12(14)16)18-6-9(13)15-10/h2-5,10-11H,6H2,1H3,(H2,13,15)(H2,14,16)/t10-,11+/m1/s1. The van der Waals surface area contributed by atoms with Gasteiger partial charge < -0.3 is 20.9 Å². The Labute approximate surface area is 105 Å². The largest absolute Gasteiger partial charge is 0.497 e. The third-order valence-corrected chi connectivity index (χ3v) is 2.74. The van der Waals surface area contributed by atoms with Gasteiger partial charge in [-0.1, -0.05) is 12.1 Å². The zero-order chi connectivity index (χ0) is 13.1. The molecule has 0 fully saturated rings. The molecule has 2 rings (SSSR count). The van der Waals surface area contributed by atoms with Gasteiger partial charge in [-0.2, -0.15) is 0 Å². The quantitative estimate of drug-likeness (QED) is 0.786. The second-order valence-corrected chi connectivity index (χ2v) is 3.97. The van der Waals surface area contributed by atoms with Crippen LogP contribution in [0.2, 0.25) is 0 Å². The van der Waals surface area contributed by atoms with E-state index >= 15 is 0 Å². The summed E-state index contributed by atoms with van der Waals surface area (Å²) in [6.07, 6.45) is -0.786. The first kappa shape index (κ1) is 12.4. The van der Waals surface area contributed by atoms with Crippen LogP contribution in [0.5, 0.6) is 5.75 Å². The Morgan fingerprint density at radius 2 is 2.11 bits per heavy atom. The van der Waals surface area contributed by atoms with Crippen molar-refractivity contribution in [2.24, 2.45) is 16.5 Å². The lowest BCUT2D eigenvalue weighted by atomic mass is 10.0. The minimum absolute atomic E-state index is 0.125. The monoisotopic (exact) mass is 249 g/mol. The maximum absolute atomic E-state index is 11.3. The molecule has 18 heavy (non-hydrogen) atoms. The SMILES string of the molecule is COc1ccc([C@H]2N=C(N)CO[C@@H]2C(N)=O)cc1. The number of methoxy groups -OCH3 is 1. The maximum atomic E-state index is 11.3. The van der Waals surface area contributed by atoms with E-state index in [4.69, 9.17) is 20.9 Å². The van der Waals surface area contributed by atoms with Gasteiger partial charge >= 0.3 is 0 Å². The molecule has 1 aromatic carbocycles. The molecule has 2 atom stereocenters. The molecule has 0 radical (unpaired) electrons. The van der Waals surface area contributed by atoms with E-state index in [1.54, 1.807) is 19.2 Å². The predicted octanol–water partition coefficient (Wildman–Crippen LogP) is -0.0224. The fraction of sp³-hybridized carbons (Fsp3) is 0.333. The number of carbonyl (C=O) groups is 1. The first-order valence-corrected chi connectivity index (χ1v) is 5.49. The van der Waals surface area contributed by atoms with Gasteiger partial charge in [0, 0.05) is 0 Å². The number of benzene rings is 1. The van der Waals surface area contributed by atoms with Gasteiger partial charge in [0.1, 0.15) is 24.2 Å². The number of primary amides is 1. The van der Waals surface area contributed by atoms with Crippen molar-refractivity contribution in [3.8, 4) is 5.75 Å². The summed E-state index contributed by atoms with van der Waals surface area (Å²) in [4.78, 5) is 15.6. The topological polar surface area (TPSA) is 99.9 Å². The smallest absolute Gasteiger partial charge is 0.249 e. The average molecular weight is 249 g/mol. The Morgan fingerprint density at radius 1 is 1.44 bits per heavy atom. The van der Waals surface area contributed by atoms with Crippen molar-refractivity contribution in [1.29, 1.82) is 0 Å². The summed E-state index contributed by atoms with van der Waals surface area (Å²) < 4.78 is 10.4. The lowest BCUT2D eigenvalue weighted by Crippen LogP contribution is -2.42. The van der Waals surface area contributed by atoms with Crippen LogP contribution in [-0.4, -0.2) is 31.6 Å². The molecule has 0 saturated carbocycles. The Balaban J connectivity index is 2.31. The van der Waals surface area contributed by atoms with Gasteiger partial charge in [-0.25, -0.2) is 0 Å². The molecule has 0 aromatic heterocycles. The molecule has 1 aliphatic heterocycles. The minimum atomic E-state index is -0.786. The van der Waals surface area contributed by atoms with Crippen LogP contribution in [0.3, 0.4) is 0 Å². The van der Waals surface area contributed by atoms with Gasteiger partial charge in [0.25, 0.3) is 0 Å². The lowest BCUT2D eigenvalue weighted by molar-refractivity contribution is -0.130. The number of aliphatic imine (C=N–C) groups is 1. The molecule has 4 N–H and O–H groups in total. The summed E-state index contributed by atoms with van der Waals surface area (Å²) in [6, 6.07) is 6.69. The highest BCUT2D eigenvalue weighted by molar-refractivity contribution is 5.86. The van der Waals surface area contributed by atoms with E-state index in [9.17, 15) is 4.79 Å². The van der Waals surface area contributed by atoms with Crippen molar-refractivity contribution < 1.29 is 14.3 Å². The van der Waals surface area contributed by atoms with Crippen molar-refractivity contribution in [3.63, 3.8) is 0 Å². The van der Waals surface area contributed by atoms with Crippen molar-refractivity contribution in [2.45, 2.75) is 12.1 Å². The summed E-state index contributed by atoms with van der Waals surface area (Å²) in [5, 5.41) is 0. The van der Waals surface area contributed by atoms with Gasteiger partial charge in [0.05, 0.1) is 7.11 Å². The average Bonchev–Trinajstić information content (AvgIpc) is 2.38. The van der Waals surface area contributed by atoms with Gasteiger partial charge in [-0.15, -0.1) is 0 Å². The normalized spacial score (nSPS) is 23.3. The third kappa shape index (κ3) is 2.43. The van der Waals surface area contributed by atoms with Gasteiger partial charge in [-0.05, 0) is 17.7 Å². The number of carbonyl (C=O) groups excluding carboxylic acids is 1. The minimum Gasteiger partial charge on any atom is -0.497 e. The highest BCUT2D eigenvalue weighted by Crippen LogP contribution is 2.27. The number of hydrogen-bond acceptors (Lipinski definition) is 5. The van der Waals surface area contributed by atoms with E-state index in [1.165, 1.54) is 0 Å². The Morgan fingerprint density at radius 3 is 2.67 bits per heavy atom. The molecule has 1 aliphatic rings. The van der Waals surface area contributed by atoms with Gasteiger partial charge in [0.2, 0.25) is 5.91 Å². The van der Waals surface area contributed by atoms with Crippen molar-refractivity contribution >= 4 is 11.7 Å². The van der Waals surface area contributed by atoms with Crippen LogP contribution in [0.4, 0.5) is 0 Å². The summed E-state index contributed by atoms with van der Waals surface area (Å²) in [5.41, 5.74) is 11.7. The Hall–Kier alpha value is -2.08. The first-order valence-electron chi connectivity index (χ1n) is 5.49. The number of amidine groups is 1. The van der Waals surface area contributed by atoms with Crippen LogP contribution in [0.25, 0.3) is 0 Å². The van der Waals surface area contributed by atoms with E-state index in [-0.39, 0.29) is 6.61 Å². The zero-order valence-electron chi connectivity index (χ0n) is 10.00. The molecule has 0 spiro atoms. The summed E-state index contributed by atoms with van der Waals surface area (Å²) in [7, 11) is 1.58. The van der Waals surface area contributed by atoms with Crippen LogP contribution in [-0.2, 0) is 9.53 Å². The molecule has 96 valence electrons. The molecule has 1 amide bonds. The molecular formula is C12H15N3O3. The van der Waals surface area contributed by atoms with E-state index in [1.807, 2.05) is 12.1 Å². The molecule has 6 heteroatoms. The number of hydrogen-bond donors (Lipinski definition) is 2. The van der Waals surface area contributed by atoms with Crippen molar-refractivity contribution in [3.05, 3.63) is 29.8 Å². The van der Waals surface area contributed by atoms with Crippen LogP contribution in [0, 0.1) is 0 Å². The van der Waals surface area contributed by atoms with E-state index in [0.29, 0.717) is 5.84 Å². The van der Waals surface area contributed by atoms with Crippen LogP contribution in [0.1, 0.15) is 11.6 Å². The Kier molecular flexibility index (Phi) is 3.47. The van der Waals surface area contributed by atoms with E-state index in [0.717, 1.165) is 11.3 Å². The zero-order valence-corrected chi connectivity index (χ0v) is 10.00. The maximum Gasteiger partial charge on any atom is 0.249 e. The van der Waals surface area contributed by atoms with Crippen molar-refractivity contribution in [1.82, 2.24) is 0 Å². The second-order valence-electron chi connectivity index (χ2n) is 3.97. The molecule has 0 saturated heterocycles. The molecule has 0 unspecified atom stereocenters.